The number of nitrogens with one attached hydrogen (secondary N) is 5. The molecule has 0 fully saturated rings. The third-order valence-corrected chi connectivity index (χ3v) is 14.7. The summed E-state index contributed by atoms with van der Waals surface area (Å²) in [4.78, 5) is 72.6. The van der Waals surface area contributed by atoms with Crippen molar-refractivity contribution in [1.29, 1.82) is 10.8 Å². The largest absolute Gasteiger partial charge is 0.490 e. The molecule has 6 heterocycles. The Morgan fingerprint density at radius 1 is 0.444 bits per heavy atom. The van der Waals surface area contributed by atoms with E-state index in [1.54, 1.807) is 91.3 Å². The van der Waals surface area contributed by atoms with Gasteiger partial charge in [-0.15, -0.1) is 0 Å². The monoisotopic (exact) mass is 1480 g/mol. The zero-order valence-electron chi connectivity index (χ0n) is 61.7. The third-order valence-electron chi connectivity index (χ3n) is 14.7. The van der Waals surface area contributed by atoms with E-state index in [2.05, 4.69) is 60.9 Å². The molecular weight excluding hydrogens is 1390 g/mol. The lowest BCUT2D eigenvalue weighted by molar-refractivity contribution is 0.0599. The summed E-state index contributed by atoms with van der Waals surface area (Å²) in [5, 5.41) is 60.1. The van der Waals surface area contributed by atoms with Crippen molar-refractivity contribution < 1.29 is 86.2 Å². The maximum absolute atomic E-state index is 12.6. The van der Waals surface area contributed by atoms with Crippen LogP contribution >= 0.6 is 0 Å². The van der Waals surface area contributed by atoms with Crippen molar-refractivity contribution in [3.8, 4) is 91.7 Å². The van der Waals surface area contributed by atoms with Crippen LogP contribution in [0.4, 0.5) is 0 Å². The van der Waals surface area contributed by atoms with Gasteiger partial charge in [-0.2, -0.15) is 9.97 Å². The van der Waals surface area contributed by atoms with Crippen molar-refractivity contribution in [1.82, 2.24) is 56.2 Å². The van der Waals surface area contributed by atoms with E-state index >= 15 is 0 Å². The number of benzene rings is 4. The number of aliphatic hydroxyl groups excluding tert-OH is 2. The fourth-order valence-electron chi connectivity index (χ4n) is 9.49. The second kappa shape index (κ2) is 41.7. The van der Waals surface area contributed by atoms with Crippen LogP contribution in [0.15, 0.2) is 155 Å². The summed E-state index contributed by atoms with van der Waals surface area (Å²) in [6.45, 7) is 23.0. The van der Waals surface area contributed by atoms with Crippen LogP contribution in [-0.2, 0) is 17.9 Å². The Morgan fingerprint density at radius 2 is 0.870 bits per heavy atom. The summed E-state index contributed by atoms with van der Waals surface area (Å²) >= 11 is 0. The minimum atomic E-state index is -1.07. The Morgan fingerprint density at radius 3 is 1.34 bits per heavy atom. The maximum Gasteiger partial charge on any atom is 0.339 e. The Kier molecular flexibility index (Phi) is 31.9. The highest BCUT2D eigenvalue weighted by atomic mass is 16.5. The van der Waals surface area contributed by atoms with Crippen LogP contribution in [0.3, 0.4) is 0 Å². The van der Waals surface area contributed by atoms with Crippen molar-refractivity contribution in [2.75, 3.05) is 66.6 Å². The van der Waals surface area contributed by atoms with Crippen LogP contribution < -0.4 is 53.8 Å². The Labute approximate surface area is 623 Å². The molecule has 0 aliphatic carbocycles. The van der Waals surface area contributed by atoms with Crippen molar-refractivity contribution >= 4 is 35.4 Å². The number of amides is 2. The average Bonchev–Trinajstić information content (AvgIpc) is 1.66. The normalized spacial score (nSPS) is 10.6. The van der Waals surface area contributed by atoms with E-state index in [1.165, 1.54) is 44.0 Å². The number of nitrogens with zero attached hydrogens (tertiary/aromatic N) is 8. The molecule has 0 aliphatic rings. The van der Waals surface area contributed by atoms with Crippen molar-refractivity contribution in [3.63, 3.8) is 0 Å². The zero-order valence-corrected chi connectivity index (χ0v) is 61.7. The highest BCUT2D eigenvalue weighted by Gasteiger charge is 2.22. The predicted molar refractivity (Wildman–Crippen MR) is 397 cm³/mol. The van der Waals surface area contributed by atoms with Gasteiger partial charge >= 0.3 is 11.9 Å². The van der Waals surface area contributed by atoms with Gasteiger partial charge in [0.1, 0.15) is 11.7 Å². The first-order chi connectivity index (χ1) is 52.1. The number of aromatic carboxylic acids is 1. The first kappa shape index (κ1) is 82.5. The number of aliphatic hydroxyl groups is 2. The third kappa shape index (κ3) is 23.9. The van der Waals surface area contributed by atoms with Gasteiger partial charge in [0.15, 0.2) is 46.0 Å². The summed E-state index contributed by atoms with van der Waals surface area (Å²) in [6.07, 6.45) is 8.62. The lowest BCUT2D eigenvalue weighted by atomic mass is 10.1. The molecule has 31 heteroatoms. The molecule has 31 nitrogen and oxygen atoms in total. The summed E-state index contributed by atoms with van der Waals surface area (Å²) in [6, 6.07) is 30.3. The molecule has 0 aliphatic heterocycles. The predicted octanol–water partition coefficient (Wildman–Crippen LogP) is 11.3. The van der Waals surface area contributed by atoms with E-state index in [1.807, 2.05) is 87.4 Å². The number of amidine groups is 2. The lowest BCUT2D eigenvalue weighted by Crippen LogP contribution is -2.42. The van der Waals surface area contributed by atoms with Crippen LogP contribution in [-0.4, -0.2) is 163 Å². The lowest BCUT2D eigenvalue weighted by Gasteiger charge is -2.23. The van der Waals surface area contributed by atoms with Gasteiger partial charge in [0.05, 0.1) is 95.7 Å². The molecule has 6 aromatic heterocycles. The van der Waals surface area contributed by atoms with Crippen LogP contribution in [0, 0.1) is 10.8 Å². The number of rotatable bonds is 31. The summed E-state index contributed by atoms with van der Waals surface area (Å²) in [5.41, 5.74) is 5.12. The molecule has 108 heavy (non-hydrogen) atoms. The van der Waals surface area contributed by atoms with E-state index in [0.717, 1.165) is 11.1 Å². The van der Waals surface area contributed by atoms with Crippen molar-refractivity contribution in [2.24, 2.45) is 0 Å². The number of pyridine rings is 4. The fraction of sp³-hybridized carbons (Fsp3) is 0.299. The van der Waals surface area contributed by atoms with Gasteiger partial charge in [0.2, 0.25) is 11.6 Å². The standard InChI is InChI=1S/C22H30N4O4.C19H21N3O5.C18H17N3O5.C18H19N3O4/c1-5-29-18-8-7-16(12-19(18)30-6-2)21(28)26-20(23)15-9-10-24-17(11-15)13-25-22(3,4)14-27;1-4-26-15-7-6-12(9-16(15)27-5-2)18(23)22-17(20)13-8-14(11-21-10-13)19(24)25-3;1-3-24-14-6-5-11(8-15(14)25-4-2)17-20-16(21-26-17)12-7-13(18(22)23)10-19-9-12;1-3-23-15-6-5-13(10-16(15)24-4-2)18-20-17(21-25-18)12-7-8-19-14(9-12)11-22/h7-12,25,27H,5-6,13-14H2,1-4H3,(H2,23,26,28);6-11H,4-5H2,1-3H3,(H2,20,22,23);5-10H,3-4H2,1-2H3,(H,22,23);5-10,22H,3-4,11H2,1-2H3. The average molecular weight is 1480 g/mol. The fourth-order valence-corrected chi connectivity index (χ4v) is 9.49. The number of carboxylic acid groups (broad SMARTS) is 1. The van der Waals surface area contributed by atoms with E-state index in [9.17, 15) is 29.4 Å². The van der Waals surface area contributed by atoms with Gasteiger partial charge in [-0.1, -0.05) is 10.3 Å². The number of hydrogen-bond acceptors (Lipinski definition) is 28. The molecule has 4 aromatic carbocycles. The van der Waals surface area contributed by atoms with Gasteiger partial charge in [0, 0.05) is 93.8 Å². The number of hydrogen-bond donors (Lipinski definition) is 8. The molecule has 0 bridgehead atoms. The number of aromatic nitrogens is 8. The highest BCUT2D eigenvalue weighted by molar-refractivity contribution is 6.12. The second-order valence-corrected chi connectivity index (χ2v) is 23.0. The molecule has 0 atom stereocenters. The van der Waals surface area contributed by atoms with E-state index in [-0.39, 0.29) is 53.3 Å². The Balaban J connectivity index is 0.000000201. The number of methoxy groups -OCH3 is 1. The minimum absolute atomic E-state index is 0.00954. The molecule has 568 valence electrons. The van der Waals surface area contributed by atoms with Crippen molar-refractivity contribution in [3.05, 3.63) is 191 Å². The van der Waals surface area contributed by atoms with Crippen LogP contribution in [0.2, 0.25) is 0 Å². The van der Waals surface area contributed by atoms with Crippen LogP contribution in [0.1, 0.15) is 133 Å². The summed E-state index contributed by atoms with van der Waals surface area (Å²) in [7, 11) is 1.25. The van der Waals surface area contributed by atoms with Crippen LogP contribution in [0.5, 0.6) is 46.0 Å². The number of esters is 1. The molecule has 10 aromatic rings. The van der Waals surface area contributed by atoms with Gasteiger partial charge in [-0.25, -0.2) is 9.59 Å². The van der Waals surface area contributed by atoms with Gasteiger partial charge < -0.3 is 82.9 Å². The Bertz CT molecular complexity index is 4660. The number of carbonyl (C=O) groups is 4. The molecular formula is C77H87N13O18. The minimum Gasteiger partial charge on any atom is -0.490 e. The maximum atomic E-state index is 12.6. The molecule has 0 radical (unpaired) electrons. The van der Waals surface area contributed by atoms with E-state index in [4.69, 9.17) is 62.9 Å². The molecule has 0 saturated heterocycles. The molecule has 10 rings (SSSR count). The molecule has 2 amide bonds. The first-order valence-corrected chi connectivity index (χ1v) is 34.3. The quantitative estimate of drug-likeness (QED) is 0.0114. The summed E-state index contributed by atoms with van der Waals surface area (Å²) < 4.78 is 59.7. The molecule has 0 saturated carbocycles. The smallest absolute Gasteiger partial charge is 0.339 e. The SMILES string of the molecule is CCOc1ccc(-c2nc(-c3ccnc(CO)c3)no2)cc1OCC.CCOc1ccc(-c2nc(-c3cncc(C(=O)O)c3)no2)cc1OCC.CCOc1ccc(C(=O)NC(=N)c2ccnc(CNC(C)(C)CO)c2)cc1OCC.CCOc1ccc(C(=O)NC(=N)c2cncc(C(=O)OC)c2)cc1OCC. The Hall–Kier alpha value is -12.7. The number of carboxylic acids is 1. The number of ether oxygens (including phenoxy) is 9. The first-order valence-electron chi connectivity index (χ1n) is 34.3. The van der Waals surface area contributed by atoms with Gasteiger partial charge in [-0.05, 0) is 178 Å². The van der Waals surface area contributed by atoms with E-state index in [0.29, 0.717) is 156 Å². The van der Waals surface area contributed by atoms with E-state index < -0.39 is 29.3 Å². The highest BCUT2D eigenvalue weighted by Crippen LogP contribution is 2.36. The molecule has 0 spiro atoms. The van der Waals surface area contributed by atoms with Gasteiger partial charge in [-0.3, -0.25) is 40.3 Å². The van der Waals surface area contributed by atoms with Crippen LogP contribution in [0.25, 0.3) is 45.7 Å². The number of carbonyl (C=O) groups excluding carboxylic acids is 3. The van der Waals surface area contributed by atoms with Crippen molar-refractivity contribution in [2.45, 2.75) is 87.9 Å². The summed E-state index contributed by atoms with van der Waals surface area (Å²) in [5.74, 6) is 3.15. The van der Waals surface area contributed by atoms with Gasteiger partial charge in [0.25, 0.3) is 23.6 Å². The molecule has 8 N–H and O–H groups in total. The zero-order chi connectivity index (χ0) is 78.1. The second-order valence-electron chi connectivity index (χ2n) is 23.0. The molecule has 0 unspecified atom stereocenters. The topological polar surface area (TPSA) is 425 Å².